The summed E-state index contributed by atoms with van der Waals surface area (Å²) in [4.78, 5) is 21.8. The molecule has 0 saturated heterocycles. The summed E-state index contributed by atoms with van der Waals surface area (Å²) >= 11 is 7.52. The topological polar surface area (TPSA) is 73.3 Å². The molecular formula is C21H16ClN3O3S. The van der Waals surface area contributed by atoms with Crippen LogP contribution in [0.2, 0.25) is 5.02 Å². The number of fused-ring (bicyclic) bond motifs is 1. The molecule has 0 aliphatic rings. The van der Waals surface area contributed by atoms with Gasteiger partial charge in [-0.25, -0.2) is 9.97 Å². The van der Waals surface area contributed by atoms with Crippen molar-refractivity contribution in [2.45, 2.75) is 0 Å². The predicted molar refractivity (Wildman–Crippen MR) is 115 cm³/mol. The summed E-state index contributed by atoms with van der Waals surface area (Å²) in [6, 6.07) is 12.5. The molecule has 0 saturated carbocycles. The van der Waals surface area contributed by atoms with E-state index in [9.17, 15) is 4.79 Å². The molecule has 1 amide bonds. The second kappa shape index (κ2) is 8.06. The zero-order chi connectivity index (χ0) is 20.4. The van der Waals surface area contributed by atoms with Crippen molar-refractivity contribution < 1.29 is 14.3 Å². The van der Waals surface area contributed by atoms with Crippen molar-refractivity contribution >= 4 is 44.9 Å². The largest absolute Gasteiger partial charge is 0.493 e. The number of anilines is 1. The lowest BCUT2D eigenvalue weighted by molar-refractivity contribution is 0.102. The molecule has 0 unspecified atom stereocenters. The van der Waals surface area contributed by atoms with E-state index in [1.165, 1.54) is 11.3 Å². The number of halogens is 1. The SMILES string of the molecule is COc1ccc(-c2cc(C(=O)Nc3nccs3)c3cc(Cl)ccc3n2)cc1OC. The Labute approximate surface area is 176 Å². The van der Waals surface area contributed by atoms with E-state index >= 15 is 0 Å². The maximum absolute atomic E-state index is 13.0. The first kappa shape index (κ1) is 19.2. The summed E-state index contributed by atoms with van der Waals surface area (Å²) in [6.07, 6.45) is 1.64. The van der Waals surface area contributed by atoms with Crippen molar-refractivity contribution in [1.29, 1.82) is 0 Å². The molecular weight excluding hydrogens is 410 g/mol. The molecule has 2 aromatic carbocycles. The van der Waals surface area contributed by atoms with Crippen LogP contribution in [0.4, 0.5) is 5.13 Å². The first-order valence-electron chi connectivity index (χ1n) is 8.62. The quantitative estimate of drug-likeness (QED) is 0.470. The van der Waals surface area contributed by atoms with Gasteiger partial charge in [0.2, 0.25) is 0 Å². The van der Waals surface area contributed by atoms with Gasteiger partial charge < -0.3 is 9.47 Å². The van der Waals surface area contributed by atoms with E-state index in [0.717, 1.165) is 5.56 Å². The van der Waals surface area contributed by atoms with Crippen LogP contribution >= 0.6 is 22.9 Å². The van der Waals surface area contributed by atoms with Crippen LogP contribution in [0.3, 0.4) is 0 Å². The summed E-state index contributed by atoms with van der Waals surface area (Å²) < 4.78 is 10.7. The number of thiazole rings is 1. The van der Waals surface area contributed by atoms with E-state index in [0.29, 0.717) is 43.8 Å². The van der Waals surface area contributed by atoms with Crippen molar-refractivity contribution in [2.75, 3.05) is 19.5 Å². The van der Waals surface area contributed by atoms with Crippen LogP contribution in [-0.4, -0.2) is 30.1 Å². The molecule has 4 rings (SSSR count). The molecule has 146 valence electrons. The fourth-order valence-corrected chi connectivity index (χ4v) is 3.67. The molecule has 2 heterocycles. The minimum absolute atomic E-state index is 0.281. The standard InChI is InChI=1S/C21H16ClN3O3S/c1-27-18-6-3-12(9-19(18)28-2)17-11-15(20(26)25-21-23-7-8-29-21)14-10-13(22)4-5-16(14)24-17/h3-11H,1-2H3,(H,23,25,26). The number of carbonyl (C=O) groups is 1. The van der Waals surface area contributed by atoms with Gasteiger partial charge in [0.05, 0.1) is 31.0 Å². The molecule has 2 aromatic heterocycles. The Kier molecular flexibility index (Phi) is 5.33. The van der Waals surface area contributed by atoms with E-state index in [-0.39, 0.29) is 5.91 Å². The minimum atomic E-state index is -0.281. The molecule has 0 aliphatic heterocycles. The third kappa shape index (κ3) is 3.87. The number of hydrogen-bond acceptors (Lipinski definition) is 6. The van der Waals surface area contributed by atoms with Crippen molar-refractivity contribution in [3.8, 4) is 22.8 Å². The Balaban J connectivity index is 1.86. The highest BCUT2D eigenvalue weighted by molar-refractivity contribution is 7.13. The number of aromatic nitrogens is 2. The van der Waals surface area contributed by atoms with Crippen LogP contribution in [0, 0.1) is 0 Å². The highest BCUT2D eigenvalue weighted by Gasteiger charge is 2.16. The Morgan fingerprint density at radius 2 is 1.90 bits per heavy atom. The van der Waals surface area contributed by atoms with Gasteiger partial charge in [0.25, 0.3) is 5.91 Å². The summed E-state index contributed by atoms with van der Waals surface area (Å²) in [6.45, 7) is 0. The summed E-state index contributed by atoms with van der Waals surface area (Å²) in [5.41, 5.74) is 2.54. The van der Waals surface area contributed by atoms with Gasteiger partial charge in [-0.1, -0.05) is 11.6 Å². The number of methoxy groups -OCH3 is 2. The van der Waals surface area contributed by atoms with Crippen molar-refractivity contribution in [2.24, 2.45) is 0 Å². The Morgan fingerprint density at radius 1 is 1.07 bits per heavy atom. The van der Waals surface area contributed by atoms with Gasteiger partial charge in [0, 0.05) is 27.5 Å². The molecule has 6 nitrogen and oxygen atoms in total. The third-order valence-electron chi connectivity index (χ3n) is 4.35. The number of rotatable bonds is 5. The lowest BCUT2D eigenvalue weighted by Gasteiger charge is -2.12. The van der Waals surface area contributed by atoms with Gasteiger partial charge in [-0.15, -0.1) is 11.3 Å². The van der Waals surface area contributed by atoms with Crippen LogP contribution in [0.1, 0.15) is 10.4 Å². The first-order chi connectivity index (χ1) is 14.1. The second-order valence-electron chi connectivity index (χ2n) is 6.08. The van der Waals surface area contributed by atoms with Gasteiger partial charge in [0.1, 0.15) is 0 Å². The zero-order valence-electron chi connectivity index (χ0n) is 15.6. The van der Waals surface area contributed by atoms with Gasteiger partial charge >= 0.3 is 0 Å². The average molecular weight is 426 g/mol. The maximum atomic E-state index is 13.0. The fourth-order valence-electron chi connectivity index (χ4n) is 2.98. The Morgan fingerprint density at radius 3 is 2.62 bits per heavy atom. The number of nitrogens with zero attached hydrogens (tertiary/aromatic N) is 2. The number of hydrogen-bond donors (Lipinski definition) is 1. The van der Waals surface area contributed by atoms with Crippen LogP contribution in [0.5, 0.6) is 11.5 Å². The smallest absolute Gasteiger partial charge is 0.258 e. The fraction of sp³-hybridized carbons (Fsp3) is 0.0952. The highest BCUT2D eigenvalue weighted by atomic mass is 35.5. The summed E-state index contributed by atoms with van der Waals surface area (Å²) in [5, 5.41) is 6.33. The van der Waals surface area contributed by atoms with Gasteiger partial charge in [-0.05, 0) is 42.5 Å². The van der Waals surface area contributed by atoms with E-state index < -0.39 is 0 Å². The van der Waals surface area contributed by atoms with Crippen LogP contribution in [0.25, 0.3) is 22.2 Å². The highest BCUT2D eigenvalue weighted by Crippen LogP contribution is 2.33. The molecule has 0 bridgehead atoms. The summed E-state index contributed by atoms with van der Waals surface area (Å²) in [7, 11) is 3.15. The number of pyridine rings is 1. The molecule has 0 radical (unpaired) electrons. The molecule has 1 N–H and O–H groups in total. The lowest BCUT2D eigenvalue weighted by atomic mass is 10.0. The molecule has 0 aliphatic carbocycles. The van der Waals surface area contributed by atoms with Crippen molar-refractivity contribution in [3.63, 3.8) is 0 Å². The Hall–Kier alpha value is -3.16. The first-order valence-corrected chi connectivity index (χ1v) is 9.88. The van der Waals surface area contributed by atoms with Crippen LogP contribution < -0.4 is 14.8 Å². The van der Waals surface area contributed by atoms with E-state index in [1.54, 1.807) is 56.1 Å². The Bertz CT molecular complexity index is 1200. The summed E-state index contributed by atoms with van der Waals surface area (Å²) in [5.74, 6) is 0.915. The number of benzene rings is 2. The average Bonchev–Trinajstić information content (AvgIpc) is 3.25. The third-order valence-corrected chi connectivity index (χ3v) is 5.27. The van der Waals surface area contributed by atoms with E-state index in [2.05, 4.69) is 10.3 Å². The molecule has 0 atom stereocenters. The number of amides is 1. The van der Waals surface area contributed by atoms with Crippen molar-refractivity contribution in [3.05, 3.63) is 64.6 Å². The number of nitrogens with one attached hydrogen (secondary N) is 1. The molecule has 4 aromatic rings. The molecule has 8 heteroatoms. The van der Waals surface area contributed by atoms with E-state index in [4.69, 9.17) is 26.1 Å². The zero-order valence-corrected chi connectivity index (χ0v) is 17.2. The van der Waals surface area contributed by atoms with Gasteiger partial charge in [0.15, 0.2) is 16.6 Å². The van der Waals surface area contributed by atoms with E-state index in [1.807, 2.05) is 12.1 Å². The van der Waals surface area contributed by atoms with Crippen LogP contribution in [-0.2, 0) is 0 Å². The minimum Gasteiger partial charge on any atom is -0.493 e. The molecule has 0 fully saturated rings. The molecule has 29 heavy (non-hydrogen) atoms. The van der Waals surface area contributed by atoms with Gasteiger partial charge in [-0.2, -0.15) is 0 Å². The number of ether oxygens (including phenoxy) is 2. The monoisotopic (exact) mass is 425 g/mol. The number of carbonyl (C=O) groups excluding carboxylic acids is 1. The normalized spacial score (nSPS) is 10.7. The van der Waals surface area contributed by atoms with Crippen molar-refractivity contribution in [1.82, 2.24) is 9.97 Å². The second-order valence-corrected chi connectivity index (χ2v) is 7.41. The van der Waals surface area contributed by atoms with Gasteiger partial charge in [-0.3, -0.25) is 10.1 Å². The molecule has 0 spiro atoms. The van der Waals surface area contributed by atoms with Crippen LogP contribution in [0.15, 0.2) is 54.0 Å². The predicted octanol–water partition coefficient (Wildman–Crippen LogP) is 5.28. The maximum Gasteiger partial charge on any atom is 0.258 e. The lowest BCUT2D eigenvalue weighted by Crippen LogP contribution is -2.13.